The molecule has 0 atom stereocenters. The van der Waals surface area contributed by atoms with Crippen molar-refractivity contribution in [1.29, 1.82) is 0 Å². The molecule has 0 aromatic carbocycles. The predicted octanol–water partition coefficient (Wildman–Crippen LogP) is 1.57. The molecule has 1 aromatic heterocycles. The van der Waals surface area contributed by atoms with E-state index in [9.17, 15) is 4.79 Å². The van der Waals surface area contributed by atoms with E-state index >= 15 is 0 Å². The molecule has 5 nitrogen and oxygen atoms in total. The summed E-state index contributed by atoms with van der Waals surface area (Å²) in [6.07, 6.45) is 3.73. The number of rotatable bonds is 4. The van der Waals surface area contributed by atoms with Gasteiger partial charge in [0, 0.05) is 19.2 Å². The number of carbonyl (C=O) groups excluding carboxylic acids is 1. The second-order valence-corrected chi connectivity index (χ2v) is 3.74. The number of carbonyl (C=O) groups is 1. The van der Waals surface area contributed by atoms with Crippen LogP contribution in [0, 0.1) is 0 Å². The minimum Gasteiger partial charge on any atom is -0.462 e. The smallest absolute Gasteiger partial charge is 0.341 e. The summed E-state index contributed by atoms with van der Waals surface area (Å²) in [5.74, 6) is 0.622. The molecule has 1 aliphatic carbocycles. The van der Waals surface area contributed by atoms with Crippen LogP contribution in [0.1, 0.15) is 41.7 Å². The molecule has 0 saturated heterocycles. The van der Waals surface area contributed by atoms with Crippen molar-refractivity contribution in [2.45, 2.75) is 25.7 Å². The SMILES string of the molecule is CCOC(=O)c1cnc(NC)nc1C1CC1. The Morgan fingerprint density at radius 3 is 2.94 bits per heavy atom. The lowest BCUT2D eigenvalue weighted by molar-refractivity contribution is 0.0524. The van der Waals surface area contributed by atoms with E-state index in [1.54, 1.807) is 20.2 Å². The second-order valence-electron chi connectivity index (χ2n) is 3.74. The topological polar surface area (TPSA) is 64.1 Å². The van der Waals surface area contributed by atoms with Crippen molar-refractivity contribution in [3.05, 3.63) is 17.5 Å². The molecule has 2 rings (SSSR count). The maximum atomic E-state index is 11.7. The van der Waals surface area contributed by atoms with Crippen LogP contribution in [0.5, 0.6) is 0 Å². The number of anilines is 1. The summed E-state index contributed by atoms with van der Waals surface area (Å²) >= 11 is 0. The van der Waals surface area contributed by atoms with Crippen molar-refractivity contribution in [2.24, 2.45) is 0 Å². The van der Waals surface area contributed by atoms with E-state index in [-0.39, 0.29) is 5.97 Å². The van der Waals surface area contributed by atoms with Crippen molar-refractivity contribution < 1.29 is 9.53 Å². The van der Waals surface area contributed by atoms with Crippen LogP contribution in [-0.2, 0) is 4.74 Å². The molecule has 1 aliphatic rings. The van der Waals surface area contributed by atoms with Gasteiger partial charge in [0.05, 0.1) is 17.9 Å². The normalized spacial score (nSPS) is 14.6. The van der Waals surface area contributed by atoms with E-state index in [2.05, 4.69) is 15.3 Å². The van der Waals surface area contributed by atoms with Gasteiger partial charge in [0.1, 0.15) is 0 Å². The third-order valence-corrected chi connectivity index (χ3v) is 2.50. The number of hydrogen-bond acceptors (Lipinski definition) is 5. The molecule has 0 spiro atoms. The molecule has 16 heavy (non-hydrogen) atoms. The summed E-state index contributed by atoms with van der Waals surface area (Å²) < 4.78 is 4.98. The van der Waals surface area contributed by atoms with Crippen LogP contribution in [0.25, 0.3) is 0 Å². The Bertz CT molecular complexity index is 402. The van der Waals surface area contributed by atoms with E-state index in [1.165, 1.54) is 0 Å². The Morgan fingerprint density at radius 2 is 2.38 bits per heavy atom. The van der Waals surface area contributed by atoms with Crippen LogP contribution in [0.3, 0.4) is 0 Å². The van der Waals surface area contributed by atoms with Gasteiger partial charge in [0.2, 0.25) is 5.95 Å². The molecule has 1 fully saturated rings. The number of aromatic nitrogens is 2. The number of esters is 1. The lowest BCUT2D eigenvalue weighted by atomic mass is 10.1. The van der Waals surface area contributed by atoms with Crippen molar-refractivity contribution in [3.8, 4) is 0 Å². The predicted molar refractivity (Wildman–Crippen MR) is 59.5 cm³/mol. The molecule has 5 heteroatoms. The van der Waals surface area contributed by atoms with Crippen molar-refractivity contribution in [2.75, 3.05) is 19.0 Å². The fourth-order valence-electron chi connectivity index (χ4n) is 1.55. The molecular weight excluding hydrogens is 206 g/mol. The third-order valence-electron chi connectivity index (χ3n) is 2.50. The van der Waals surface area contributed by atoms with Gasteiger partial charge < -0.3 is 10.1 Å². The van der Waals surface area contributed by atoms with Gasteiger partial charge in [0.15, 0.2) is 0 Å². The lowest BCUT2D eigenvalue weighted by Crippen LogP contribution is -2.11. The average molecular weight is 221 g/mol. The highest BCUT2D eigenvalue weighted by molar-refractivity contribution is 5.90. The van der Waals surface area contributed by atoms with E-state index in [0.717, 1.165) is 18.5 Å². The van der Waals surface area contributed by atoms with Gasteiger partial charge in [-0.05, 0) is 19.8 Å². The number of ether oxygens (including phenoxy) is 1. The first-order valence-electron chi connectivity index (χ1n) is 5.48. The van der Waals surface area contributed by atoms with E-state index < -0.39 is 0 Å². The highest BCUT2D eigenvalue weighted by atomic mass is 16.5. The Kier molecular flexibility index (Phi) is 3.03. The van der Waals surface area contributed by atoms with Gasteiger partial charge in [0.25, 0.3) is 0 Å². The van der Waals surface area contributed by atoms with Gasteiger partial charge in [-0.1, -0.05) is 0 Å². The number of hydrogen-bond donors (Lipinski definition) is 1. The average Bonchev–Trinajstić information content (AvgIpc) is 3.12. The molecule has 1 saturated carbocycles. The monoisotopic (exact) mass is 221 g/mol. The third kappa shape index (κ3) is 2.13. The fraction of sp³-hybridized carbons (Fsp3) is 0.545. The van der Waals surface area contributed by atoms with Crippen LogP contribution in [-0.4, -0.2) is 29.6 Å². The van der Waals surface area contributed by atoms with Crippen LogP contribution >= 0.6 is 0 Å². The van der Waals surface area contributed by atoms with Gasteiger partial charge >= 0.3 is 5.97 Å². The van der Waals surface area contributed by atoms with E-state index in [4.69, 9.17) is 4.74 Å². The highest BCUT2D eigenvalue weighted by Crippen LogP contribution is 2.40. The summed E-state index contributed by atoms with van der Waals surface area (Å²) in [5, 5.41) is 2.87. The Hall–Kier alpha value is -1.65. The van der Waals surface area contributed by atoms with E-state index in [0.29, 0.717) is 24.0 Å². The maximum absolute atomic E-state index is 11.7. The Balaban J connectivity index is 2.32. The van der Waals surface area contributed by atoms with Crippen LogP contribution in [0.2, 0.25) is 0 Å². The summed E-state index contributed by atoms with van der Waals surface area (Å²) in [7, 11) is 1.76. The second kappa shape index (κ2) is 4.47. The quantitative estimate of drug-likeness (QED) is 0.782. The standard InChI is InChI=1S/C11H15N3O2/c1-3-16-10(15)8-6-13-11(12-2)14-9(8)7-4-5-7/h6-7H,3-5H2,1-2H3,(H,12,13,14). The minimum absolute atomic E-state index is 0.327. The molecule has 1 heterocycles. The molecule has 0 aliphatic heterocycles. The van der Waals surface area contributed by atoms with Gasteiger partial charge in [-0.25, -0.2) is 14.8 Å². The first-order chi connectivity index (χ1) is 7.76. The molecule has 0 radical (unpaired) electrons. The molecule has 86 valence electrons. The zero-order chi connectivity index (χ0) is 11.5. The van der Waals surface area contributed by atoms with Crippen LogP contribution in [0.15, 0.2) is 6.20 Å². The van der Waals surface area contributed by atoms with Crippen molar-refractivity contribution in [1.82, 2.24) is 9.97 Å². The van der Waals surface area contributed by atoms with E-state index in [1.807, 2.05) is 0 Å². The summed E-state index contributed by atoms with van der Waals surface area (Å²) in [6, 6.07) is 0. The zero-order valence-electron chi connectivity index (χ0n) is 9.49. The largest absolute Gasteiger partial charge is 0.462 e. The first-order valence-corrected chi connectivity index (χ1v) is 5.48. The first kappa shape index (κ1) is 10.9. The molecule has 0 unspecified atom stereocenters. The number of nitrogens with one attached hydrogen (secondary N) is 1. The molecular formula is C11H15N3O2. The molecule has 0 amide bonds. The fourth-order valence-corrected chi connectivity index (χ4v) is 1.55. The summed E-state index contributed by atoms with van der Waals surface area (Å²) in [5.41, 5.74) is 1.32. The summed E-state index contributed by atoms with van der Waals surface area (Å²) in [4.78, 5) is 20.1. The van der Waals surface area contributed by atoms with Crippen LogP contribution < -0.4 is 5.32 Å². The van der Waals surface area contributed by atoms with Crippen molar-refractivity contribution >= 4 is 11.9 Å². The van der Waals surface area contributed by atoms with Crippen molar-refractivity contribution in [3.63, 3.8) is 0 Å². The molecule has 0 bridgehead atoms. The minimum atomic E-state index is -0.327. The highest BCUT2D eigenvalue weighted by Gasteiger charge is 2.30. The summed E-state index contributed by atoms with van der Waals surface area (Å²) in [6.45, 7) is 2.16. The molecule has 1 N–H and O–H groups in total. The van der Waals surface area contributed by atoms with Crippen LogP contribution in [0.4, 0.5) is 5.95 Å². The van der Waals surface area contributed by atoms with Gasteiger partial charge in [-0.2, -0.15) is 0 Å². The molecule has 1 aromatic rings. The number of nitrogens with zero attached hydrogens (tertiary/aromatic N) is 2. The van der Waals surface area contributed by atoms with Gasteiger partial charge in [-0.15, -0.1) is 0 Å². The Morgan fingerprint density at radius 1 is 1.62 bits per heavy atom. The Labute approximate surface area is 94.2 Å². The maximum Gasteiger partial charge on any atom is 0.341 e. The van der Waals surface area contributed by atoms with Gasteiger partial charge in [-0.3, -0.25) is 0 Å². The zero-order valence-corrected chi connectivity index (χ0v) is 9.49. The lowest BCUT2D eigenvalue weighted by Gasteiger charge is -2.08.